The highest BCUT2D eigenvalue weighted by molar-refractivity contribution is 7.08. The van der Waals surface area contributed by atoms with Crippen LogP contribution in [0.15, 0.2) is 41.1 Å². The number of hydrogen-bond donors (Lipinski definition) is 1. The number of rotatable bonds is 4. The largest absolute Gasteiger partial charge is 0.309 e. The summed E-state index contributed by atoms with van der Waals surface area (Å²) < 4.78 is 0. The second-order valence-electron chi connectivity index (χ2n) is 4.60. The lowest BCUT2D eigenvalue weighted by atomic mass is 9.97. The van der Waals surface area contributed by atoms with Crippen LogP contribution in [0.1, 0.15) is 42.5 Å². The Morgan fingerprint density at radius 1 is 0.941 bits per heavy atom. The van der Waals surface area contributed by atoms with E-state index in [9.17, 15) is 0 Å². The van der Waals surface area contributed by atoms with Crippen molar-refractivity contribution in [2.24, 2.45) is 0 Å². The molecule has 1 unspecified atom stereocenters. The molecule has 1 nitrogen and oxygen atoms in total. The Balaban J connectivity index is 2.26. The molecule has 0 aliphatic carbocycles. The second-order valence-corrected chi connectivity index (χ2v) is 5.38. The average Bonchev–Trinajstić information content (AvgIpc) is 2.84. The van der Waals surface area contributed by atoms with Crippen molar-refractivity contribution in [1.29, 1.82) is 0 Å². The van der Waals surface area contributed by atoms with E-state index in [1.807, 2.05) is 7.05 Å². The molecule has 1 atom stereocenters. The summed E-state index contributed by atoms with van der Waals surface area (Å²) >= 11 is 1.75. The van der Waals surface area contributed by atoms with Crippen LogP contribution in [0, 0.1) is 0 Å². The standard InChI is InChI=1S/C15H19NS/c1-11(2)12-4-6-13(7-5-12)15(16-3)14-8-9-17-10-14/h4-11,15-16H,1-3H3. The predicted octanol–water partition coefficient (Wildman–Crippen LogP) is 4.18. The molecule has 1 N–H and O–H groups in total. The van der Waals surface area contributed by atoms with Gasteiger partial charge in [0.15, 0.2) is 0 Å². The highest BCUT2D eigenvalue weighted by Gasteiger charge is 2.12. The van der Waals surface area contributed by atoms with Gasteiger partial charge >= 0.3 is 0 Å². The first-order chi connectivity index (χ1) is 8.22. The normalized spacial score (nSPS) is 12.9. The van der Waals surface area contributed by atoms with Crippen LogP contribution in [0.2, 0.25) is 0 Å². The SMILES string of the molecule is CNC(c1ccc(C(C)C)cc1)c1ccsc1. The molecule has 1 aromatic heterocycles. The van der Waals surface area contributed by atoms with Crippen LogP contribution in [0.3, 0.4) is 0 Å². The quantitative estimate of drug-likeness (QED) is 0.852. The van der Waals surface area contributed by atoms with E-state index in [1.54, 1.807) is 11.3 Å². The Kier molecular flexibility index (Phi) is 3.97. The molecule has 2 rings (SSSR count). The minimum atomic E-state index is 0.308. The summed E-state index contributed by atoms with van der Waals surface area (Å²) in [5, 5.41) is 7.71. The Morgan fingerprint density at radius 3 is 2.06 bits per heavy atom. The molecule has 1 heterocycles. The third-order valence-electron chi connectivity index (χ3n) is 3.10. The van der Waals surface area contributed by atoms with Gasteiger partial charge < -0.3 is 5.32 Å². The van der Waals surface area contributed by atoms with Crippen LogP contribution in [-0.4, -0.2) is 7.05 Å². The van der Waals surface area contributed by atoms with Gasteiger partial charge in [0.1, 0.15) is 0 Å². The van der Waals surface area contributed by atoms with Gasteiger partial charge in [-0.2, -0.15) is 11.3 Å². The topological polar surface area (TPSA) is 12.0 Å². The fourth-order valence-corrected chi connectivity index (χ4v) is 2.72. The van der Waals surface area contributed by atoms with Crippen molar-refractivity contribution in [3.05, 3.63) is 57.8 Å². The molecule has 0 spiro atoms. The van der Waals surface area contributed by atoms with E-state index >= 15 is 0 Å². The molecule has 0 bridgehead atoms. The van der Waals surface area contributed by atoms with E-state index in [1.165, 1.54) is 16.7 Å². The van der Waals surface area contributed by atoms with Crippen LogP contribution in [0.5, 0.6) is 0 Å². The third-order valence-corrected chi connectivity index (χ3v) is 3.80. The van der Waals surface area contributed by atoms with Gasteiger partial charge in [0, 0.05) is 0 Å². The third kappa shape index (κ3) is 2.76. The molecule has 0 amide bonds. The van der Waals surface area contributed by atoms with Crippen molar-refractivity contribution in [3.63, 3.8) is 0 Å². The zero-order valence-electron chi connectivity index (χ0n) is 10.6. The second kappa shape index (κ2) is 5.48. The van der Waals surface area contributed by atoms with Gasteiger partial charge in [-0.05, 0) is 46.5 Å². The maximum Gasteiger partial charge on any atom is 0.0582 e. The van der Waals surface area contributed by atoms with Gasteiger partial charge in [-0.25, -0.2) is 0 Å². The number of benzene rings is 1. The Morgan fingerprint density at radius 2 is 1.59 bits per heavy atom. The van der Waals surface area contributed by atoms with E-state index in [-0.39, 0.29) is 0 Å². The maximum absolute atomic E-state index is 3.38. The predicted molar refractivity (Wildman–Crippen MR) is 75.8 cm³/mol. The summed E-state index contributed by atoms with van der Waals surface area (Å²) in [7, 11) is 2.01. The minimum Gasteiger partial charge on any atom is -0.309 e. The summed E-state index contributed by atoms with van der Waals surface area (Å²) in [6.45, 7) is 4.45. The van der Waals surface area contributed by atoms with Crippen molar-refractivity contribution in [3.8, 4) is 0 Å². The highest BCUT2D eigenvalue weighted by Crippen LogP contribution is 2.25. The first kappa shape index (κ1) is 12.3. The Hall–Kier alpha value is -1.12. The van der Waals surface area contributed by atoms with E-state index < -0.39 is 0 Å². The summed E-state index contributed by atoms with van der Waals surface area (Å²) in [6, 6.07) is 11.4. The molecular weight excluding hydrogens is 226 g/mol. The lowest BCUT2D eigenvalue weighted by Crippen LogP contribution is -2.16. The van der Waals surface area contributed by atoms with Crippen LogP contribution in [0.25, 0.3) is 0 Å². The van der Waals surface area contributed by atoms with Crippen molar-refractivity contribution in [2.75, 3.05) is 7.05 Å². The monoisotopic (exact) mass is 245 g/mol. The Labute approximate surface area is 108 Å². The van der Waals surface area contributed by atoms with Crippen LogP contribution in [0.4, 0.5) is 0 Å². The zero-order chi connectivity index (χ0) is 12.3. The summed E-state index contributed by atoms with van der Waals surface area (Å²) in [4.78, 5) is 0. The van der Waals surface area contributed by atoms with E-state index in [2.05, 4.69) is 60.3 Å². The van der Waals surface area contributed by atoms with Crippen molar-refractivity contribution in [2.45, 2.75) is 25.8 Å². The number of thiophene rings is 1. The first-order valence-corrected chi connectivity index (χ1v) is 6.96. The molecule has 0 fully saturated rings. The molecule has 0 aliphatic heterocycles. The molecule has 17 heavy (non-hydrogen) atoms. The summed E-state index contributed by atoms with van der Waals surface area (Å²) in [5.41, 5.74) is 4.07. The van der Waals surface area contributed by atoms with Crippen LogP contribution < -0.4 is 5.32 Å². The lowest BCUT2D eigenvalue weighted by molar-refractivity contribution is 0.693. The first-order valence-electron chi connectivity index (χ1n) is 6.01. The van der Waals surface area contributed by atoms with E-state index in [0.29, 0.717) is 12.0 Å². The number of hydrogen-bond acceptors (Lipinski definition) is 2. The van der Waals surface area contributed by atoms with E-state index in [0.717, 1.165) is 0 Å². The molecule has 0 saturated heterocycles. The molecule has 2 aromatic rings. The van der Waals surface area contributed by atoms with Gasteiger partial charge in [0.25, 0.3) is 0 Å². The van der Waals surface area contributed by atoms with Gasteiger partial charge in [-0.3, -0.25) is 0 Å². The lowest BCUT2D eigenvalue weighted by Gasteiger charge is -2.16. The molecule has 0 aliphatic rings. The van der Waals surface area contributed by atoms with Crippen LogP contribution in [-0.2, 0) is 0 Å². The van der Waals surface area contributed by atoms with Gasteiger partial charge in [-0.15, -0.1) is 0 Å². The van der Waals surface area contributed by atoms with Gasteiger partial charge in [0.05, 0.1) is 6.04 Å². The fourth-order valence-electron chi connectivity index (χ4n) is 2.04. The van der Waals surface area contributed by atoms with Gasteiger partial charge in [-0.1, -0.05) is 38.1 Å². The van der Waals surface area contributed by atoms with Crippen LogP contribution >= 0.6 is 11.3 Å². The molecular formula is C15H19NS. The minimum absolute atomic E-state index is 0.308. The molecule has 90 valence electrons. The van der Waals surface area contributed by atoms with E-state index in [4.69, 9.17) is 0 Å². The fraction of sp³-hybridized carbons (Fsp3) is 0.333. The van der Waals surface area contributed by atoms with Crippen molar-refractivity contribution in [1.82, 2.24) is 5.32 Å². The molecule has 2 heteroatoms. The van der Waals surface area contributed by atoms with Crippen molar-refractivity contribution < 1.29 is 0 Å². The molecule has 0 saturated carbocycles. The molecule has 1 aromatic carbocycles. The van der Waals surface area contributed by atoms with Crippen molar-refractivity contribution >= 4 is 11.3 Å². The average molecular weight is 245 g/mol. The number of nitrogens with one attached hydrogen (secondary N) is 1. The maximum atomic E-state index is 3.38. The zero-order valence-corrected chi connectivity index (χ0v) is 11.4. The summed E-state index contributed by atoms with van der Waals surface area (Å²) in [6.07, 6.45) is 0. The highest BCUT2D eigenvalue weighted by atomic mass is 32.1. The molecule has 0 radical (unpaired) electrons. The smallest absolute Gasteiger partial charge is 0.0582 e. The Bertz CT molecular complexity index is 442. The van der Waals surface area contributed by atoms with Gasteiger partial charge in [0.2, 0.25) is 0 Å². The summed E-state index contributed by atoms with van der Waals surface area (Å²) in [5.74, 6) is 0.596.